The van der Waals surface area contributed by atoms with E-state index in [1.807, 2.05) is 25.1 Å². The first-order chi connectivity index (χ1) is 11.8. The van der Waals surface area contributed by atoms with E-state index < -0.39 is 10.2 Å². The van der Waals surface area contributed by atoms with Crippen LogP contribution in [0.1, 0.15) is 17.5 Å². The fourth-order valence-corrected chi connectivity index (χ4v) is 4.08. The number of amides is 1. The molecule has 0 bridgehead atoms. The number of nitrogens with zero attached hydrogens (tertiary/aromatic N) is 3. The van der Waals surface area contributed by atoms with Gasteiger partial charge in [0, 0.05) is 40.3 Å². The van der Waals surface area contributed by atoms with Crippen molar-refractivity contribution in [2.24, 2.45) is 0 Å². The second-order valence-electron chi connectivity index (χ2n) is 6.40. The van der Waals surface area contributed by atoms with Crippen molar-refractivity contribution >= 4 is 16.1 Å². The van der Waals surface area contributed by atoms with E-state index in [9.17, 15) is 13.2 Å². The second kappa shape index (κ2) is 8.16. The second-order valence-corrected chi connectivity index (χ2v) is 8.55. The van der Waals surface area contributed by atoms with Crippen LogP contribution in [0.2, 0.25) is 0 Å². The maximum atomic E-state index is 12.6. The number of carbonyl (C=O) groups is 1. The van der Waals surface area contributed by atoms with E-state index in [0.29, 0.717) is 39.0 Å². The summed E-state index contributed by atoms with van der Waals surface area (Å²) in [5.74, 6) is 0.823. The van der Waals surface area contributed by atoms with Crippen LogP contribution in [0.15, 0.2) is 18.2 Å². The zero-order valence-electron chi connectivity index (χ0n) is 15.4. The van der Waals surface area contributed by atoms with Crippen molar-refractivity contribution < 1.29 is 17.9 Å². The highest BCUT2D eigenvalue weighted by molar-refractivity contribution is 7.86. The Morgan fingerprint density at radius 2 is 1.92 bits per heavy atom. The average molecular weight is 369 g/mol. The molecular weight excluding hydrogens is 342 g/mol. The Balaban J connectivity index is 2.00. The highest BCUT2D eigenvalue weighted by atomic mass is 32.2. The highest BCUT2D eigenvalue weighted by Gasteiger charge is 2.28. The van der Waals surface area contributed by atoms with Gasteiger partial charge < -0.3 is 9.64 Å². The summed E-state index contributed by atoms with van der Waals surface area (Å²) in [5.41, 5.74) is 1.93. The van der Waals surface area contributed by atoms with Crippen molar-refractivity contribution in [3.8, 4) is 5.75 Å². The van der Waals surface area contributed by atoms with Crippen molar-refractivity contribution in [3.05, 3.63) is 29.3 Å². The van der Waals surface area contributed by atoms with Crippen molar-refractivity contribution in [1.29, 1.82) is 0 Å². The molecule has 0 aromatic heterocycles. The molecule has 25 heavy (non-hydrogen) atoms. The van der Waals surface area contributed by atoms with Crippen LogP contribution in [0.5, 0.6) is 5.75 Å². The molecule has 8 heteroatoms. The fraction of sp³-hybridized carbons (Fsp3) is 0.588. The number of benzene rings is 1. The third-order valence-corrected chi connectivity index (χ3v) is 6.35. The summed E-state index contributed by atoms with van der Waals surface area (Å²) in [6.45, 7) is 3.71. The minimum atomic E-state index is -3.43. The summed E-state index contributed by atoms with van der Waals surface area (Å²) < 4.78 is 32.4. The van der Waals surface area contributed by atoms with E-state index >= 15 is 0 Å². The molecule has 1 saturated heterocycles. The molecule has 1 aliphatic rings. The molecule has 0 atom stereocenters. The molecule has 0 N–H and O–H groups in total. The lowest BCUT2D eigenvalue weighted by Gasteiger charge is -2.24. The monoisotopic (exact) mass is 369 g/mol. The number of hydrogen-bond donors (Lipinski definition) is 0. The Hall–Kier alpha value is -1.64. The van der Waals surface area contributed by atoms with Crippen LogP contribution >= 0.6 is 0 Å². The van der Waals surface area contributed by atoms with E-state index in [-0.39, 0.29) is 5.91 Å². The minimum absolute atomic E-state index is 0.0219. The van der Waals surface area contributed by atoms with Crippen LogP contribution in [-0.2, 0) is 21.4 Å². The number of rotatable bonds is 5. The van der Waals surface area contributed by atoms with E-state index in [4.69, 9.17) is 4.74 Å². The molecule has 1 amide bonds. The summed E-state index contributed by atoms with van der Waals surface area (Å²) in [7, 11) is 1.24. The van der Waals surface area contributed by atoms with Gasteiger partial charge in [-0.25, -0.2) is 0 Å². The van der Waals surface area contributed by atoms with Gasteiger partial charge in [-0.15, -0.1) is 0 Å². The molecule has 1 heterocycles. The van der Waals surface area contributed by atoms with Crippen LogP contribution < -0.4 is 4.74 Å². The average Bonchev–Trinajstić information content (AvgIpc) is 2.81. The number of methoxy groups -OCH3 is 1. The minimum Gasteiger partial charge on any atom is -0.496 e. The Morgan fingerprint density at radius 3 is 2.52 bits per heavy atom. The first-order valence-corrected chi connectivity index (χ1v) is 9.74. The molecule has 140 valence electrons. The van der Waals surface area contributed by atoms with Gasteiger partial charge >= 0.3 is 0 Å². The molecule has 0 radical (unpaired) electrons. The zero-order valence-corrected chi connectivity index (χ0v) is 16.2. The van der Waals surface area contributed by atoms with E-state index in [2.05, 4.69) is 0 Å². The number of ether oxygens (including phenoxy) is 1. The molecule has 0 aliphatic carbocycles. The van der Waals surface area contributed by atoms with Gasteiger partial charge in [-0.2, -0.15) is 17.0 Å². The van der Waals surface area contributed by atoms with Crippen molar-refractivity contribution in [1.82, 2.24) is 13.5 Å². The van der Waals surface area contributed by atoms with Crippen LogP contribution in [-0.4, -0.2) is 75.2 Å². The van der Waals surface area contributed by atoms with Gasteiger partial charge in [0.25, 0.3) is 10.2 Å². The van der Waals surface area contributed by atoms with E-state index in [1.54, 1.807) is 12.0 Å². The molecular formula is C17H27N3O4S. The Morgan fingerprint density at radius 1 is 1.20 bits per heavy atom. The Kier molecular flexibility index (Phi) is 6.42. The number of aryl methyl sites for hydroxylation is 1. The van der Waals surface area contributed by atoms with Gasteiger partial charge in [-0.3, -0.25) is 4.79 Å². The molecule has 1 aromatic rings. The van der Waals surface area contributed by atoms with Crippen LogP contribution in [0.4, 0.5) is 0 Å². The quantitative estimate of drug-likeness (QED) is 0.773. The smallest absolute Gasteiger partial charge is 0.281 e. The molecule has 7 nitrogen and oxygen atoms in total. The lowest BCUT2D eigenvalue weighted by Crippen LogP contribution is -2.42. The maximum absolute atomic E-state index is 12.6. The van der Waals surface area contributed by atoms with E-state index in [1.165, 1.54) is 22.7 Å². The van der Waals surface area contributed by atoms with Gasteiger partial charge in [0.1, 0.15) is 5.75 Å². The van der Waals surface area contributed by atoms with Gasteiger partial charge in [0.05, 0.1) is 13.5 Å². The molecule has 0 spiro atoms. The molecule has 0 saturated carbocycles. The van der Waals surface area contributed by atoms with Gasteiger partial charge in [0.2, 0.25) is 5.91 Å². The predicted molar refractivity (Wildman–Crippen MR) is 96.8 cm³/mol. The maximum Gasteiger partial charge on any atom is 0.281 e. The van der Waals surface area contributed by atoms with Gasteiger partial charge in [0.15, 0.2) is 0 Å². The van der Waals surface area contributed by atoms with Crippen LogP contribution in [0.3, 0.4) is 0 Å². The standard InChI is InChI=1S/C17H27N3O4S/c1-14-12-15(6-7-16(14)24-4)13-17(21)19-8-5-9-20(11-10-19)25(22,23)18(2)3/h6-7,12H,5,8-11,13H2,1-4H3. The summed E-state index contributed by atoms with van der Waals surface area (Å²) >= 11 is 0. The summed E-state index contributed by atoms with van der Waals surface area (Å²) in [6.07, 6.45) is 0.950. The third kappa shape index (κ3) is 4.71. The third-order valence-electron chi connectivity index (χ3n) is 4.41. The summed E-state index contributed by atoms with van der Waals surface area (Å²) in [6, 6.07) is 5.72. The van der Waals surface area contributed by atoms with Gasteiger partial charge in [-0.05, 0) is 30.5 Å². The lowest BCUT2D eigenvalue weighted by molar-refractivity contribution is -0.130. The number of hydrogen-bond acceptors (Lipinski definition) is 4. The van der Waals surface area contributed by atoms with Crippen LogP contribution in [0, 0.1) is 6.92 Å². The molecule has 1 aromatic carbocycles. The first kappa shape index (κ1) is 19.7. The number of carbonyl (C=O) groups excluding carboxylic acids is 1. The SMILES string of the molecule is COc1ccc(CC(=O)N2CCCN(S(=O)(=O)N(C)C)CC2)cc1C. The van der Waals surface area contributed by atoms with Crippen molar-refractivity contribution in [2.75, 3.05) is 47.4 Å². The molecule has 2 rings (SSSR count). The molecule has 0 unspecified atom stereocenters. The van der Waals surface area contributed by atoms with Crippen molar-refractivity contribution in [3.63, 3.8) is 0 Å². The Labute approximate surface area is 150 Å². The van der Waals surface area contributed by atoms with Crippen LogP contribution in [0.25, 0.3) is 0 Å². The summed E-state index contributed by atoms with van der Waals surface area (Å²) in [5, 5.41) is 0. The normalized spacial score (nSPS) is 16.8. The van der Waals surface area contributed by atoms with Crippen molar-refractivity contribution in [2.45, 2.75) is 19.8 Å². The fourth-order valence-electron chi connectivity index (χ4n) is 2.94. The zero-order chi connectivity index (χ0) is 18.6. The Bertz CT molecular complexity index is 719. The highest BCUT2D eigenvalue weighted by Crippen LogP contribution is 2.19. The van der Waals surface area contributed by atoms with E-state index in [0.717, 1.165) is 16.9 Å². The summed E-state index contributed by atoms with van der Waals surface area (Å²) in [4.78, 5) is 14.3. The first-order valence-electron chi connectivity index (χ1n) is 8.34. The molecule has 1 aliphatic heterocycles. The van der Waals surface area contributed by atoms with Gasteiger partial charge in [-0.1, -0.05) is 12.1 Å². The largest absolute Gasteiger partial charge is 0.496 e. The lowest BCUT2D eigenvalue weighted by atomic mass is 10.1. The topological polar surface area (TPSA) is 70.2 Å². The predicted octanol–water partition coefficient (Wildman–Crippen LogP) is 0.887. The molecule has 1 fully saturated rings.